The molecule has 0 radical (unpaired) electrons. The molecule has 0 aliphatic carbocycles. The van der Waals surface area contributed by atoms with E-state index in [1.54, 1.807) is 36.5 Å². The molecular weight excluding hydrogens is 311 g/mol. The van der Waals surface area contributed by atoms with Crippen LogP contribution in [0, 0.1) is 17.1 Å². The molecule has 0 amide bonds. The fourth-order valence-electron chi connectivity index (χ4n) is 1.55. The van der Waals surface area contributed by atoms with Crippen molar-refractivity contribution in [1.29, 1.82) is 5.26 Å². The molecule has 0 atom stereocenters. The molecule has 2 aromatic rings. The third-order valence-corrected chi connectivity index (χ3v) is 3.02. The van der Waals surface area contributed by atoms with Gasteiger partial charge in [0, 0.05) is 35.0 Å². The summed E-state index contributed by atoms with van der Waals surface area (Å²) in [6.45, 7) is 0.199. The third kappa shape index (κ3) is 3.06. The summed E-state index contributed by atoms with van der Waals surface area (Å²) in [5, 5.41) is 8.60. The van der Waals surface area contributed by atoms with Gasteiger partial charge in [-0.3, -0.25) is 0 Å². The number of rotatable bonds is 3. The number of benzene rings is 1. The highest BCUT2D eigenvalue weighted by molar-refractivity contribution is 9.10. The zero-order valence-electron chi connectivity index (χ0n) is 10.1. The van der Waals surface area contributed by atoms with Gasteiger partial charge in [0.15, 0.2) is 0 Å². The lowest BCUT2D eigenvalue weighted by atomic mass is 10.1. The standard InChI is InChI=1S/C13H10BrFN4/c1-19(5-4-16)13-17-7-9(8-18-13)11-6-10(14)2-3-12(11)15/h2-3,6-8H,5H2,1H3. The zero-order valence-corrected chi connectivity index (χ0v) is 11.7. The largest absolute Gasteiger partial charge is 0.331 e. The van der Waals surface area contributed by atoms with Crippen LogP contribution in [0.1, 0.15) is 0 Å². The van der Waals surface area contributed by atoms with Gasteiger partial charge < -0.3 is 4.90 Å². The monoisotopic (exact) mass is 320 g/mol. The number of aromatic nitrogens is 2. The summed E-state index contributed by atoms with van der Waals surface area (Å²) in [6, 6.07) is 6.70. The molecule has 0 N–H and O–H groups in total. The molecule has 0 saturated heterocycles. The van der Waals surface area contributed by atoms with Crippen molar-refractivity contribution in [2.24, 2.45) is 0 Å². The van der Waals surface area contributed by atoms with Crippen LogP contribution < -0.4 is 4.90 Å². The van der Waals surface area contributed by atoms with Crippen LogP contribution in [-0.2, 0) is 0 Å². The molecule has 4 nitrogen and oxygen atoms in total. The van der Waals surface area contributed by atoms with Crippen molar-refractivity contribution < 1.29 is 4.39 Å². The van der Waals surface area contributed by atoms with Crippen molar-refractivity contribution in [2.45, 2.75) is 0 Å². The fraction of sp³-hybridized carbons (Fsp3) is 0.154. The second-order valence-electron chi connectivity index (χ2n) is 3.91. The van der Waals surface area contributed by atoms with E-state index >= 15 is 0 Å². The molecule has 1 heterocycles. The maximum absolute atomic E-state index is 13.7. The van der Waals surface area contributed by atoms with E-state index in [0.29, 0.717) is 17.1 Å². The summed E-state index contributed by atoms with van der Waals surface area (Å²) in [4.78, 5) is 9.86. The van der Waals surface area contributed by atoms with E-state index in [0.717, 1.165) is 4.47 Å². The Morgan fingerprint density at radius 2 is 2.05 bits per heavy atom. The van der Waals surface area contributed by atoms with Gasteiger partial charge in [-0.25, -0.2) is 14.4 Å². The van der Waals surface area contributed by atoms with Crippen molar-refractivity contribution >= 4 is 21.9 Å². The van der Waals surface area contributed by atoms with E-state index in [4.69, 9.17) is 5.26 Å². The van der Waals surface area contributed by atoms with Crippen molar-refractivity contribution in [2.75, 3.05) is 18.5 Å². The predicted molar refractivity (Wildman–Crippen MR) is 74.0 cm³/mol. The third-order valence-electron chi connectivity index (χ3n) is 2.53. The highest BCUT2D eigenvalue weighted by atomic mass is 79.9. The van der Waals surface area contributed by atoms with Crippen LogP contribution in [0.15, 0.2) is 35.1 Å². The molecule has 6 heteroatoms. The highest BCUT2D eigenvalue weighted by Crippen LogP contribution is 2.25. The van der Waals surface area contributed by atoms with Gasteiger partial charge in [-0.05, 0) is 18.2 Å². The molecule has 0 aliphatic heterocycles. The van der Waals surface area contributed by atoms with E-state index in [2.05, 4.69) is 25.9 Å². The summed E-state index contributed by atoms with van der Waals surface area (Å²) in [5.41, 5.74) is 1.02. The van der Waals surface area contributed by atoms with E-state index in [1.807, 2.05) is 6.07 Å². The first-order chi connectivity index (χ1) is 9.11. The minimum absolute atomic E-state index is 0.199. The van der Waals surface area contributed by atoms with Crippen LogP contribution in [0.2, 0.25) is 0 Å². The average molecular weight is 321 g/mol. The van der Waals surface area contributed by atoms with Gasteiger partial charge in [0.05, 0.1) is 6.07 Å². The summed E-state index contributed by atoms with van der Waals surface area (Å²) in [5.74, 6) is 0.102. The summed E-state index contributed by atoms with van der Waals surface area (Å²) < 4.78 is 14.5. The number of hydrogen-bond acceptors (Lipinski definition) is 4. The van der Waals surface area contributed by atoms with Gasteiger partial charge in [0.25, 0.3) is 0 Å². The second kappa shape index (κ2) is 5.76. The Hall–Kier alpha value is -2.00. The summed E-state index contributed by atoms with van der Waals surface area (Å²) in [7, 11) is 1.72. The Bertz CT molecular complexity index is 622. The van der Waals surface area contributed by atoms with Crippen molar-refractivity contribution in [3.8, 4) is 17.2 Å². The number of hydrogen-bond donors (Lipinski definition) is 0. The van der Waals surface area contributed by atoms with E-state index < -0.39 is 0 Å². The molecule has 0 saturated carbocycles. The van der Waals surface area contributed by atoms with Gasteiger partial charge >= 0.3 is 0 Å². The van der Waals surface area contributed by atoms with Crippen LogP contribution in [0.4, 0.5) is 10.3 Å². The molecule has 0 aliphatic rings. The van der Waals surface area contributed by atoms with Gasteiger partial charge in [-0.2, -0.15) is 5.26 Å². The molecule has 0 fully saturated rings. The topological polar surface area (TPSA) is 52.8 Å². The number of anilines is 1. The first-order valence-corrected chi connectivity index (χ1v) is 6.26. The van der Waals surface area contributed by atoms with Crippen LogP contribution >= 0.6 is 15.9 Å². The molecule has 1 aromatic heterocycles. The summed E-state index contributed by atoms with van der Waals surface area (Å²) >= 11 is 3.30. The Morgan fingerprint density at radius 3 is 2.68 bits per heavy atom. The lowest BCUT2D eigenvalue weighted by Crippen LogP contribution is -2.19. The average Bonchev–Trinajstić information content (AvgIpc) is 2.42. The first-order valence-electron chi connectivity index (χ1n) is 5.47. The molecule has 96 valence electrons. The van der Waals surface area contributed by atoms with Gasteiger partial charge in [0.2, 0.25) is 5.95 Å². The van der Waals surface area contributed by atoms with Crippen molar-refractivity contribution in [1.82, 2.24) is 9.97 Å². The fourth-order valence-corrected chi connectivity index (χ4v) is 1.91. The van der Waals surface area contributed by atoms with Crippen LogP contribution in [0.3, 0.4) is 0 Å². The lowest BCUT2D eigenvalue weighted by molar-refractivity contribution is 0.631. The second-order valence-corrected chi connectivity index (χ2v) is 4.83. The quantitative estimate of drug-likeness (QED) is 0.816. The smallest absolute Gasteiger partial charge is 0.225 e. The van der Waals surface area contributed by atoms with Crippen LogP contribution in [0.5, 0.6) is 0 Å². The van der Waals surface area contributed by atoms with Crippen molar-refractivity contribution in [3.63, 3.8) is 0 Å². The minimum Gasteiger partial charge on any atom is -0.331 e. The maximum Gasteiger partial charge on any atom is 0.225 e. The van der Waals surface area contributed by atoms with Crippen LogP contribution in [-0.4, -0.2) is 23.6 Å². The van der Waals surface area contributed by atoms with Gasteiger partial charge in [-0.15, -0.1) is 0 Å². The van der Waals surface area contributed by atoms with E-state index in [9.17, 15) is 4.39 Å². The number of nitriles is 1. The molecule has 2 rings (SSSR count). The highest BCUT2D eigenvalue weighted by Gasteiger charge is 2.08. The molecule has 19 heavy (non-hydrogen) atoms. The van der Waals surface area contributed by atoms with Crippen molar-refractivity contribution in [3.05, 3.63) is 40.9 Å². The number of halogens is 2. The molecule has 1 aromatic carbocycles. The Morgan fingerprint density at radius 1 is 1.37 bits per heavy atom. The van der Waals surface area contributed by atoms with E-state index in [-0.39, 0.29) is 12.4 Å². The summed E-state index contributed by atoms with van der Waals surface area (Å²) in [6.07, 6.45) is 3.09. The maximum atomic E-state index is 13.7. The molecule has 0 bridgehead atoms. The van der Waals surface area contributed by atoms with Gasteiger partial charge in [0.1, 0.15) is 12.4 Å². The number of nitrogens with zero attached hydrogens (tertiary/aromatic N) is 4. The first kappa shape index (κ1) is 13.4. The molecular formula is C13H10BrFN4. The Balaban J connectivity index is 2.33. The zero-order chi connectivity index (χ0) is 13.8. The van der Waals surface area contributed by atoms with Crippen LogP contribution in [0.25, 0.3) is 11.1 Å². The Kier molecular flexibility index (Phi) is 4.07. The normalized spacial score (nSPS) is 10.0. The lowest BCUT2D eigenvalue weighted by Gasteiger charge is -2.12. The Labute approximate surface area is 118 Å². The van der Waals surface area contributed by atoms with E-state index in [1.165, 1.54) is 6.07 Å². The minimum atomic E-state index is -0.329. The SMILES string of the molecule is CN(CC#N)c1ncc(-c2cc(Br)ccc2F)cn1. The predicted octanol–water partition coefficient (Wildman–Crippen LogP) is 3.00. The molecule has 0 unspecified atom stereocenters. The van der Waals surface area contributed by atoms with Gasteiger partial charge in [-0.1, -0.05) is 15.9 Å². The molecule has 0 spiro atoms.